The van der Waals surface area contributed by atoms with Crippen LogP contribution in [0, 0.1) is 47.4 Å². The van der Waals surface area contributed by atoms with Gasteiger partial charge in [0.15, 0.2) is 0 Å². The van der Waals surface area contributed by atoms with Gasteiger partial charge in [-0.1, -0.05) is 51.4 Å². The first kappa shape index (κ1) is 17.1. The molecule has 0 aromatic heterocycles. The van der Waals surface area contributed by atoms with Crippen LogP contribution in [0.25, 0.3) is 0 Å². The lowest BCUT2D eigenvalue weighted by molar-refractivity contribution is 0.350. The van der Waals surface area contributed by atoms with E-state index in [4.69, 9.17) is 0 Å². The number of rotatable bonds is 4. The van der Waals surface area contributed by atoms with E-state index >= 15 is 0 Å². The van der Waals surface area contributed by atoms with E-state index in [2.05, 4.69) is 75.5 Å². The van der Waals surface area contributed by atoms with E-state index in [9.17, 15) is 0 Å². The third kappa shape index (κ3) is 4.13. The Bertz CT molecular complexity index is 502. The van der Waals surface area contributed by atoms with Gasteiger partial charge in [-0.3, -0.25) is 0 Å². The Kier molecular flexibility index (Phi) is 5.01. The van der Waals surface area contributed by atoms with Crippen LogP contribution in [-0.2, 0) is 0 Å². The van der Waals surface area contributed by atoms with E-state index in [1.165, 1.54) is 0 Å². The number of nitrogens with zero attached hydrogens (tertiary/aromatic N) is 2. The fraction of sp³-hybridized carbons (Fsp3) is 0.800. The fourth-order valence-electron chi connectivity index (χ4n) is 3.01. The summed E-state index contributed by atoms with van der Waals surface area (Å²) in [6, 6.07) is 0. The maximum absolute atomic E-state index is 4.62. The zero-order valence-electron chi connectivity index (χ0n) is 15.0. The highest BCUT2D eigenvalue weighted by atomic mass is 15.2. The van der Waals surface area contributed by atoms with Crippen LogP contribution >= 0.6 is 0 Å². The van der Waals surface area contributed by atoms with Crippen molar-refractivity contribution in [2.45, 2.75) is 78.3 Å². The molecule has 0 aromatic rings. The van der Waals surface area contributed by atoms with E-state index in [1.54, 1.807) is 0 Å². The maximum Gasteiger partial charge on any atom is 0.139 e. The molecule has 0 saturated carbocycles. The summed E-state index contributed by atoms with van der Waals surface area (Å²) < 4.78 is 0. The molecule has 2 nitrogen and oxygen atoms in total. The molecule has 0 aliphatic heterocycles. The van der Waals surface area contributed by atoms with Gasteiger partial charge >= 0.3 is 0 Å². The third-order valence-electron chi connectivity index (χ3n) is 5.04. The molecule has 2 aliphatic carbocycles. The molecule has 2 aliphatic rings. The van der Waals surface area contributed by atoms with Crippen molar-refractivity contribution in [1.82, 2.24) is 0 Å². The van der Waals surface area contributed by atoms with Crippen molar-refractivity contribution in [1.29, 1.82) is 0 Å². The first-order valence-corrected chi connectivity index (χ1v) is 8.72. The number of hydrogen-bond acceptors (Lipinski definition) is 2. The molecule has 0 heterocycles. The van der Waals surface area contributed by atoms with Crippen molar-refractivity contribution in [3.63, 3.8) is 0 Å². The highest BCUT2D eigenvalue weighted by Crippen LogP contribution is 2.32. The summed E-state index contributed by atoms with van der Waals surface area (Å²) in [7, 11) is 0. The van der Waals surface area contributed by atoms with E-state index in [1.807, 2.05) is 0 Å². The summed E-state index contributed by atoms with van der Waals surface area (Å²) in [4.78, 5) is 0. The summed E-state index contributed by atoms with van der Waals surface area (Å²) in [5.41, 5.74) is -0.629. The molecule has 0 aromatic carbocycles. The Morgan fingerprint density at radius 1 is 0.773 bits per heavy atom. The molecule has 0 N–H and O–H groups in total. The predicted molar refractivity (Wildman–Crippen MR) is 92.3 cm³/mol. The topological polar surface area (TPSA) is 24.7 Å². The average molecular weight is 298 g/mol. The van der Waals surface area contributed by atoms with Crippen molar-refractivity contribution in [3.05, 3.63) is 0 Å². The zero-order valence-corrected chi connectivity index (χ0v) is 15.0. The lowest BCUT2D eigenvalue weighted by Crippen LogP contribution is -2.29. The smallest absolute Gasteiger partial charge is 0.139 e. The summed E-state index contributed by atoms with van der Waals surface area (Å²) in [5.74, 6) is 15.8. The molecule has 4 unspecified atom stereocenters. The van der Waals surface area contributed by atoms with Crippen LogP contribution in [0.2, 0.25) is 0 Å². The second kappa shape index (κ2) is 6.45. The van der Waals surface area contributed by atoms with E-state index in [0.717, 1.165) is 25.7 Å². The van der Waals surface area contributed by atoms with Gasteiger partial charge in [0.05, 0.1) is 0 Å². The number of hydrogen-bond donors (Lipinski definition) is 0. The van der Waals surface area contributed by atoms with Crippen LogP contribution in [0.1, 0.15) is 67.2 Å². The minimum absolute atomic E-state index is 0.315. The van der Waals surface area contributed by atoms with Gasteiger partial charge in [-0.25, -0.2) is 0 Å². The second-order valence-corrected chi connectivity index (χ2v) is 8.06. The normalized spacial score (nSPS) is 37.8. The first-order valence-electron chi connectivity index (χ1n) is 8.72. The molecule has 2 heteroatoms. The van der Waals surface area contributed by atoms with E-state index in [-0.39, 0.29) is 11.1 Å². The Balaban J connectivity index is 2.08. The SMILES string of the molecule is CC(C)C1C#CC(C)(N=NC2(C)C#CC(C(C)C)CC2)CC1. The summed E-state index contributed by atoms with van der Waals surface area (Å²) >= 11 is 0. The highest BCUT2D eigenvalue weighted by molar-refractivity contribution is 5.24. The van der Waals surface area contributed by atoms with Crippen LogP contribution < -0.4 is 0 Å². The zero-order chi connectivity index (χ0) is 16.4. The van der Waals surface area contributed by atoms with E-state index in [0.29, 0.717) is 23.7 Å². The Labute approximate surface area is 136 Å². The summed E-state index contributed by atoms with van der Waals surface area (Å²) in [6.45, 7) is 13.2. The Hall–Kier alpha value is -1.28. The highest BCUT2D eigenvalue weighted by Gasteiger charge is 2.31. The van der Waals surface area contributed by atoms with Crippen molar-refractivity contribution in [2.24, 2.45) is 33.9 Å². The van der Waals surface area contributed by atoms with Crippen molar-refractivity contribution in [3.8, 4) is 23.7 Å². The molecule has 0 saturated heterocycles. The maximum atomic E-state index is 4.62. The molecule has 0 bridgehead atoms. The summed E-state index contributed by atoms with van der Waals surface area (Å²) in [5, 5.41) is 9.25. The molecule has 22 heavy (non-hydrogen) atoms. The van der Waals surface area contributed by atoms with Gasteiger partial charge in [0.25, 0.3) is 0 Å². The predicted octanol–water partition coefficient (Wildman–Crippen LogP) is 5.09. The average Bonchev–Trinajstić information content (AvgIpc) is 2.46. The van der Waals surface area contributed by atoms with Gasteiger partial charge in [0.2, 0.25) is 0 Å². The summed E-state index contributed by atoms with van der Waals surface area (Å²) in [6.07, 6.45) is 4.25. The largest absolute Gasteiger partial charge is 0.173 e. The monoisotopic (exact) mass is 298 g/mol. The van der Waals surface area contributed by atoms with Gasteiger partial charge in [-0.15, -0.1) is 0 Å². The van der Waals surface area contributed by atoms with Gasteiger partial charge in [-0.05, 0) is 51.4 Å². The molecule has 4 atom stereocenters. The third-order valence-corrected chi connectivity index (χ3v) is 5.04. The van der Waals surface area contributed by atoms with Crippen molar-refractivity contribution < 1.29 is 0 Å². The van der Waals surface area contributed by atoms with Crippen LogP contribution in [0.4, 0.5) is 0 Å². The molecular weight excluding hydrogens is 268 g/mol. The molecular formula is C20H30N2. The minimum atomic E-state index is -0.315. The van der Waals surface area contributed by atoms with Gasteiger partial charge < -0.3 is 0 Å². The molecule has 0 spiro atoms. The molecule has 2 rings (SSSR count). The Morgan fingerprint density at radius 3 is 1.36 bits per heavy atom. The van der Waals surface area contributed by atoms with Crippen LogP contribution in [0.3, 0.4) is 0 Å². The number of azo groups is 1. The van der Waals surface area contributed by atoms with Crippen LogP contribution in [0.5, 0.6) is 0 Å². The lowest BCUT2D eigenvalue weighted by Gasteiger charge is -2.29. The van der Waals surface area contributed by atoms with Crippen molar-refractivity contribution in [2.75, 3.05) is 0 Å². The lowest BCUT2D eigenvalue weighted by atomic mass is 9.81. The molecule has 0 fully saturated rings. The van der Waals surface area contributed by atoms with Gasteiger partial charge in [0, 0.05) is 11.8 Å². The van der Waals surface area contributed by atoms with Gasteiger partial charge in [0.1, 0.15) is 11.1 Å². The van der Waals surface area contributed by atoms with E-state index < -0.39 is 0 Å². The second-order valence-electron chi connectivity index (χ2n) is 8.06. The minimum Gasteiger partial charge on any atom is -0.173 e. The standard InChI is InChI=1S/C20H30N2/c1-15(2)17-7-11-19(5,12-8-17)21-22-20(6)13-9-18(10-14-20)16(3)4/h15-18H,7,9,11,13H2,1-6H3. The van der Waals surface area contributed by atoms with Crippen molar-refractivity contribution >= 4 is 0 Å². The van der Waals surface area contributed by atoms with Gasteiger partial charge in [-0.2, -0.15) is 10.2 Å². The molecule has 0 radical (unpaired) electrons. The van der Waals surface area contributed by atoms with Crippen LogP contribution in [-0.4, -0.2) is 11.1 Å². The molecule has 0 amide bonds. The van der Waals surface area contributed by atoms with Crippen LogP contribution in [0.15, 0.2) is 10.2 Å². The quantitative estimate of drug-likeness (QED) is 0.510. The molecule has 120 valence electrons. The fourth-order valence-corrected chi connectivity index (χ4v) is 3.01. The first-order chi connectivity index (χ1) is 10.2. The Morgan fingerprint density at radius 2 is 1.14 bits per heavy atom.